The average molecular weight is 400 g/mol. The van der Waals surface area contributed by atoms with E-state index in [4.69, 9.17) is 4.98 Å². The summed E-state index contributed by atoms with van der Waals surface area (Å²) >= 11 is 0. The number of nitrogens with zero attached hydrogens (tertiary/aromatic N) is 2. The van der Waals surface area contributed by atoms with Crippen LogP contribution < -0.4 is 5.32 Å². The summed E-state index contributed by atoms with van der Waals surface area (Å²) in [7, 11) is -0.763. The van der Waals surface area contributed by atoms with Gasteiger partial charge in [0.2, 0.25) is 0 Å². The van der Waals surface area contributed by atoms with Crippen molar-refractivity contribution < 1.29 is 9.00 Å². The number of hydrogen-bond donors (Lipinski definition) is 1. The van der Waals surface area contributed by atoms with E-state index in [1.807, 2.05) is 11.1 Å². The molecule has 1 aromatic heterocycles. The lowest BCUT2D eigenvalue weighted by atomic mass is 9.87. The van der Waals surface area contributed by atoms with Crippen LogP contribution in [0, 0.1) is 5.92 Å². The van der Waals surface area contributed by atoms with Gasteiger partial charge < -0.3 is 10.2 Å². The van der Waals surface area contributed by atoms with Crippen molar-refractivity contribution >= 4 is 22.5 Å². The number of pyridine rings is 1. The van der Waals surface area contributed by atoms with Crippen LogP contribution in [0.25, 0.3) is 0 Å². The highest BCUT2D eigenvalue weighted by atomic mass is 32.2. The van der Waals surface area contributed by atoms with Gasteiger partial charge in [-0.1, -0.05) is 0 Å². The molecule has 4 bridgehead atoms. The third-order valence-corrected chi connectivity index (χ3v) is 9.50. The van der Waals surface area contributed by atoms with E-state index in [0.29, 0.717) is 36.4 Å². The van der Waals surface area contributed by atoms with E-state index in [2.05, 4.69) is 5.32 Å². The summed E-state index contributed by atoms with van der Waals surface area (Å²) in [4.78, 5) is 20.0. The molecule has 1 saturated heterocycles. The van der Waals surface area contributed by atoms with Crippen molar-refractivity contribution in [1.29, 1.82) is 0 Å². The van der Waals surface area contributed by atoms with E-state index in [9.17, 15) is 9.00 Å². The molecule has 1 aromatic rings. The Kier molecular flexibility index (Phi) is 3.91. The number of nitrogens with one attached hydrogen (secondary N) is 1. The Bertz CT molecular complexity index is 852. The van der Waals surface area contributed by atoms with Gasteiger partial charge in [-0.2, -0.15) is 0 Å². The minimum absolute atomic E-state index is 0.111. The minimum atomic E-state index is -0.763. The number of carbonyl (C=O) groups excluding carboxylic acids is 1. The number of fused-ring (bicyclic) bond motifs is 7. The van der Waals surface area contributed by atoms with Gasteiger partial charge in [-0.3, -0.25) is 9.00 Å². The number of rotatable bonds is 3. The molecule has 1 amide bonds. The quantitative estimate of drug-likeness (QED) is 0.846. The molecule has 5 nitrogen and oxygen atoms in total. The van der Waals surface area contributed by atoms with Crippen molar-refractivity contribution in [2.24, 2.45) is 5.92 Å². The highest BCUT2D eigenvalue weighted by Gasteiger charge is 2.47. The summed E-state index contributed by atoms with van der Waals surface area (Å²) < 4.78 is 11.7. The molecule has 6 rings (SSSR count). The molecule has 0 aromatic carbocycles. The van der Waals surface area contributed by atoms with Crippen LogP contribution in [0.5, 0.6) is 0 Å². The summed E-state index contributed by atoms with van der Waals surface area (Å²) in [5, 5.41) is 3.91. The molecule has 0 spiro atoms. The Balaban J connectivity index is 1.35. The van der Waals surface area contributed by atoms with Crippen molar-refractivity contribution in [3.8, 4) is 0 Å². The molecule has 0 radical (unpaired) electrons. The second-order valence-corrected chi connectivity index (χ2v) is 11.4. The van der Waals surface area contributed by atoms with Gasteiger partial charge in [-0.25, -0.2) is 4.98 Å². The Morgan fingerprint density at radius 1 is 1.11 bits per heavy atom. The molecular formula is C22H29N3O2S. The predicted molar refractivity (Wildman–Crippen MR) is 110 cm³/mol. The lowest BCUT2D eigenvalue weighted by molar-refractivity contribution is 0.0769. The molecule has 2 unspecified atom stereocenters. The Morgan fingerprint density at radius 3 is 2.50 bits per heavy atom. The third-order valence-electron chi connectivity index (χ3n) is 8.23. The van der Waals surface area contributed by atoms with Crippen molar-refractivity contribution in [3.05, 3.63) is 22.9 Å². The van der Waals surface area contributed by atoms with Crippen LogP contribution in [0.2, 0.25) is 0 Å². The molecule has 6 heteroatoms. The van der Waals surface area contributed by atoms with E-state index >= 15 is 0 Å². The van der Waals surface area contributed by atoms with E-state index in [1.54, 1.807) is 0 Å². The summed E-state index contributed by atoms with van der Waals surface area (Å²) in [6.45, 7) is 1.22. The Hall–Kier alpha value is -1.43. The first-order valence-corrected chi connectivity index (χ1v) is 12.6. The third kappa shape index (κ3) is 2.59. The second-order valence-electron chi connectivity index (χ2n) is 9.75. The summed E-state index contributed by atoms with van der Waals surface area (Å²) in [5.41, 5.74) is 3.76. The fourth-order valence-corrected chi connectivity index (χ4v) is 7.85. The Morgan fingerprint density at radius 2 is 1.82 bits per heavy atom. The zero-order chi connectivity index (χ0) is 18.9. The first kappa shape index (κ1) is 17.4. The fourth-order valence-electron chi connectivity index (χ4n) is 6.80. The van der Waals surface area contributed by atoms with E-state index in [-0.39, 0.29) is 11.4 Å². The molecule has 28 heavy (non-hydrogen) atoms. The maximum atomic E-state index is 13.3. The number of aromatic nitrogens is 1. The molecule has 4 aliphatic carbocycles. The van der Waals surface area contributed by atoms with Crippen molar-refractivity contribution in [2.75, 3.05) is 29.9 Å². The van der Waals surface area contributed by atoms with Crippen LogP contribution in [0.15, 0.2) is 6.20 Å². The molecule has 2 heterocycles. The van der Waals surface area contributed by atoms with Gasteiger partial charge in [0.05, 0.1) is 5.56 Å². The van der Waals surface area contributed by atoms with Crippen LogP contribution in [0.4, 0.5) is 5.82 Å². The van der Waals surface area contributed by atoms with Gasteiger partial charge in [-0.05, 0) is 74.7 Å². The number of carbonyl (C=O) groups is 1. The van der Waals surface area contributed by atoms with Gasteiger partial charge in [-0.15, -0.1) is 0 Å². The fraction of sp³-hybridized carbons (Fsp3) is 0.727. The summed E-state index contributed by atoms with van der Waals surface area (Å²) in [6, 6.07) is 0. The molecule has 1 aliphatic heterocycles. The number of hydrogen-bond acceptors (Lipinski definition) is 4. The van der Waals surface area contributed by atoms with Crippen LogP contribution in [0.1, 0.15) is 84.7 Å². The monoisotopic (exact) mass is 399 g/mol. The maximum absolute atomic E-state index is 13.3. The highest BCUT2D eigenvalue weighted by molar-refractivity contribution is 7.85. The zero-order valence-electron chi connectivity index (χ0n) is 16.4. The van der Waals surface area contributed by atoms with Crippen LogP contribution in [-0.4, -0.2) is 50.1 Å². The van der Waals surface area contributed by atoms with Crippen LogP contribution in [-0.2, 0) is 10.8 Å². The Labute approximate surface area is 169 Å². The molecule has 1 N–H and O–H groups in total. The first-order valence-electron chi connectivity index (χ1n) is 11.1. The molecule has 2 atom stereocenters. The molecule has 4 fully saturated rings. The van der Waals surface area contributed by atoms with Crippen LogP contribution in [0.3, 0.4) is 0 Å². The topological polar surface area (TPSA) is 62.3 Å². The average Bonchev–Trinajstić information content (AvgIpc) is 3.49. The van der Waals surface area contributed by atoms with E-state index in [1.165, 1.54) is 62.5 Å². The van der Waals surface area contributed by atoms with E-state index < -0.39 is 10.8 Å². The van der Waals surface area contributed by atoms with Crippen molar-refractivity contribution in [3.63, 3.8) is 0 Å². The SMILES string of the molecule is O=C(c1cnc(NC23CCC(CC2)C3)c2c1C1CCC2C1)N1CCS(=O)CC1. The second kappa shape index (κ2) is 6.28. The lowest BCUT2D eigenvalue weighted by Gasteiger charge is -2.32. The lowest BCUT2D eigenvalue weighted by Crippen LogP contribution is -2.42. The van der Waals surface area contributed by atoms with Crippen molar-refractivity contribution in [1.82, 2.24) is 9.88 Å². The normalized spacial score (nSPS) is 36.1. The van der Waals surface area contributed by atoms with Crippen molar-refractivity contribution in [2.45, 2.75) is 68.7 Å². The molecule has 3 saturated carbocycles. The summed E-state index contributed by atoms with van der Waals surface area (Å²) in [6.07, 6.45) is 12.0. The van der Waals surface area contributed by atoms with Gasteiger partial charge in [0.1, 0.15) is 5.82 Å². The summed E-state index contributed by atoms with van der Waals surface area (Å²) in [5.74, 6) is 4.42. The van der Waals surface area contributed by atoms with Gasteiger partial charge >= 0.3 is 0 Å². The van der Waals surface area contributed by atoms with E-state index in [0.717, 1.165) is 17.3 Å². The smallest absolute Gasteiger partial charge is 0.255 e. The van der Waals surface area contributed by atoms with Crippen LogP contribution >= 0.6 is 0 Å². The predicted octanol–water partition coefficient (Wildman–Crippen LogP) is 3.40. The largest absolute Gasteiger partial charge is 0.364 e. The molecule has 150 valence electrons. The zero-order valence-corrected chi connectivity index (χ0v) is 17.2. The van der Waals surface area contributed by atoms with Gasteiger partial charge in [0.15, 0.2) is 0 Å². The van der Waals surface area contributed by atoms with Gasteiger partial charge in [0.25, 0.3) is 5.91 Å². The molecule has 5 aliphatic rings. The number of anilines is 1. The number of amides is 1. The first-order chi connectivity index (χ1) is 13.6. The molecular weight excluding hydrogens is 370 g/mol. The standard InChI is InChI=1S/C22H29N3O2S/c26-21(25-7-9-28(27)10-8-25)17-13-23-20(19-16-2-1-15(11-16)18(17)19)24-22-5-3-14(12-22)4-6-22/h13-16H,1-12H2,(H,23,24). The highest BCUT2D eigenvalue weighted by Crippen LogP contribution is 2.57. The maximum Gasteiger partial charge on any atom is 0.255 e. The van der Waals surface area contributed by atoms with Gasteiger partial charge in [0, 0.05) is 52.7 Å². The minimum Gasteiger partial charge on any atom is -0.364 e.